The molecule has 22 heavy (non-hydrogen) atoms. The Hall–Kier alpha value is -1.59. The van der Waals surface area contributed by atoms with E-state index in [4.69, 9.17) is 4.42 Å². The van der Waals surface area contributed by atoms with Gasteiger partial charge in [-0.1, -0.05) is 42.5 Å². The van der Waals surface area contributed by atoms with Crippen molar-refractivity contribution in [2.45, 2.75) is 12.2 Å². The summed E-state index contributed by atoms with van der Waals surface area (Å²) in [4.78, 5) is 0. The van der Waals surface area contributed by atoms with Gasteiger partial charge in [0.15, 0.2) is 0 Å². The van der Waals surface area contributed by atoms with E-state index in [0.29, 0.717) is 11.8 Å². The van der Waals surface area contributed by atoms with E-state index in [2.05, 4.69) is 50.4 Å². The van der Waals surface area contributed by atoms with Crippen molar-refractivity contribution in [3.05, 3.63) is 70.5 Å². The average molecular weight is 375 g/mol. The van der Waals surface area contributed by atoms with Gasteiger partial charge in [0, 0.05) is 4.47 Å². The van der Waals surface area contributed by atoms with Crippen molar-refractivity contribution >= 4 is 27.7 Å². The van der Waals surface area contributed by atoms with Gasteiger partial charge in [-0.05, 0) is 45.8 Å². The molecule has 112 valence electrons. The van der Waals surface area contributed by atoms with Gasteiger partial charge in [0.2, 0.25) is 11.8 Å². The van der Waals surface area contributed by atoms with E-state index in [1.54, 1.807) is 11.8 Å². The van der Waals surface area contributed by atoms with Crippen molar-refractivity contribution in [2.75, 3.05) is 5.75 Å². The Morgan fingerprint density at radius 3 is 2.55 bits per heavy atom. The van der Waals surface area contributed by atoms with Crippen molar-refractivity contribution in [2.24, 2.45) is 0 Å². The highest BCUT2D eigenvalue weighted by Gasteiger charge is 2.10. The van der Waals surface area contributed by atoms with Gasteiger partial charge in [-0.2, -0.15) is 11.8 Å². The van der Waals surface area contributed by atoms with Gasteiger partial charge in [-0.15, -0.1) is 10.2 Å². The highest BCUT2D eigenvalue weighted by molar-refractivity contribution is 9.10. The molecule has 5 heteroatoms. The van der Waals surface area contributed by atoms with Crippen LogP contribution in [0.3, 0.4) is 0 Å². The fourth-order valence-corrected chi connectivity index (χ4v) is 3.32. The maximum atomic E-state index is 5.73. The van der Waals surface area contributed by atoms with Crippen molar-refractivity contribution in [3.63, 3.8) is 0 Å². The lowest BCUT2D eigenvalue weighted by Crippen LogP contribution is -1.89. The van der Waals surface area contributed by atoms with Crippen LogP contribution in [0, 0.1) is 0 Å². The summed E-state index contributed by atoms with van der Waals surface area (Å²) >= 11 is 5.30. The highest BCUT2D eigenvalue weighted by atomic mass is 79.9. The Morgan fingerprint density at radius 2 is 1.73 bits per heavy atom. The summed E-state index contributed by atoms with van der Waals surface area (Å²) in [6.45, 7) is 0. The van der Waals surface area contributed by atoms with E-state index in [-0.39, 0.29) is 0 Å². The van der Waals surface area contributed by atoms with Crippen LogP contribution >= 0.6 is 27.7 Å². The molecule has 1 heterocycles. The normalized spacial score (nSPS) is 10.8. The van der Waals surface area contributed by atoms with Gasteiger partial charge in [0.1, 0.15) is 0 Å². The molecule has 3 nitrogen and oxygen atoms in total. The van der Waals surface area contributed by atoms with Crippen molar-refractivity contribution in [1.82, 2.24) is 10.2 Å². The first-order valence-electron chi connectivity index (χ1n) is 7.02. The Labute approximate surface area is 142 Å². The second-order valence-electron chi connectivity index (χ2n) is 4.77. The van der Waals surface area contributed by atoms with Crippen LogP contribution in [0.25, 0.3) is 11.5 Å². The zero-order valence-corrected chi connectivity index (χ0v) is 14.3. The Balaban J connectivity index is 1.53. The number of hydrogen-bond donors (Lipinski definition) is 0. The molecule has 0 amide bonds. The molecule has 0 N–H and O–H groups in total. The first-order valence-corrected chi connectivity index (χ1v) is 8.96. The summed E-state index contributed by atoms with van der Waals surface area (Å²) in [5.41, 5.74) is 2.28. The summed E-state index contributed by atoms with van der Waals surface area (Å²) in [5.74, 6) is 3.01. The fraction of sp³-hybridized carbons (Fsp3) is 0.176. The van der Waals surface area contributed by atoms with Crippen LogP contribution in [0.5, 0.6) is 0 Å². The molecule has 0 saturated heterocycles. The number of aryl methyl sites for hydroxylation is 1. The van der Waals surface area contributed by atoms with E-state index in [1.165, 1.54) is 5.56 Å². The van der Waals surface area contributed by atoms with Gasteiger partial charge >= 0.3 is 0 Å². The second-order valence-corrected chi connectivity index (χ2v) is 6.73. The maximum absolute atomic E-state index is 5.73. The van der Waals surface area contributed by atoms with E-state index in [9.17, 15) is 0 Å². The summed E-state index contributed by atoms with van der Waals surface area (Å²) in [7, 11) is 0. The number of thioether (sulfide) groups is 1. The van der Waals surface area contributed by atoms with Crippen LogP contribution in [-0.2, 0) is 12.2 Å². The lowest BCUT2D eigenvalue weighted by atomic mass is 10.2. The molecule has 0 bridgehead atoms. The van der Waals surface area contributed by atoms with Gasteiger partial charge in [-0.3, -0.25) is 0 Å². The van der Waals surface area contributed by atoms with Crippen LogP contribution in [0.15, 0.2) is 63.5 Å². The first kappa shape index (κ1) is 15.3. The summed E-state index contributed by atoms with van der Waals surface area (Å²) in [6, 6.07) is 18.3. The Bertz CT molecular complexity index is 730. The highest BCUT2D eigenvalue weighted by Crippen LogP contribution is 2.27. The predicted octanol–water partition coefficient (Wildman–Crippen LogP) is 4.98. The molecule has 0 unspecified atom stereocenters. The van der Waals surface area contributed by atoms with Gasteiger partial charge in [0.25, 0.3) is 0 Å². The minimum absolute atomic E-state index is 0.561. The maximum Gasteiger partial charge on any atom is 0.248 e. The number of nitrogens with zero attached hydrogens (tertiary/aromatic N) is 2. The average Bonchev–Trinajstić information content (AvgIpc) is 3.02. The largest absolute Gasteiger partial charge is 0.420 e. The molecule has 0 aliphatic carbocycles. The fourth-order valence-electron chi connectivity index (χ4n) is 2.05. The minimum Gasteiger partial charge on any atom is -0.420 e. The third-order valence-corrected chi connectivity index (χ3v) is 4.81. The number of aromatic nitrogens is 2. The quantitative estimate of drug-likeness (QED) is 0.570. The summed E-state index contributed by atoms with van der Waals surface area (Å²) in [6.07, 6.45) is 1.05. The Morgan fingerprint density at radius 1 is 0.955 bits per heavy atom. The van der Waals surface area contributed by atoms with Crippen LogP contribution in [-0.4, -0.2) is 16.0 Å². The molecule has 0 fully saturated rings. The third-order valence-electron chi connectivity index (χ3n) is 3.17. The molecule has 0 spiro atoms. The summed E-state index contributed by atoms with van der Waals surface area (Å²) < 4.78 is 6.69. The molecule has 0 saturated carbocycles. The number of rotatable bonds is 6. The molecule has 0 radical (unpaired) electrons. The number of hydrogen-bond acceptors (Lipinski definition) is 4. The van der Waals surface area contributed by atoms with Crippen LogP contribution in [0.1, 0.15) is 11.5 Å². The molecule has 3 aromatic rings. The zero-order chi connectivity index (χ0) is 15.2. The Kier molecular flexibility index (Phi) is 5.29. The first-order chi connectivity index (χ1) is 10.8. The molecule has 0 aliphatic heterocycles. The lowest BCUT2D eigenvalue weighted by Gasteiger charge is -2.00. The minimum atomic E-state index is 0.561. The smallest absolute Gasteiger partial charge is 0.248 e. The topological polar surface area (TPSA) is 38.9 Å². The van der Waals surface area contributed by atoms with Crippen LogP contribution in [0.2, 0.25) is 0 Å². The van der Waals surface area contributed by atoms with Crippen LogP contribution < -0.4 is 0 Å². The molecular formula is C17H15BrN2OS. The van der Waals surface area contributed by atoms with E-state index < -0.39 is 0 Å². The van der Waals surface area contributed by atoms with Crippen molar-refractivity contribution in [3.8, 4) is 11.5 Å². The lowest BCUT2D eigenvalue weighted by molar-refractivity contribution is 0.528. The molecular weight excluding hydrogens is 360 g/mol. The van der Waals surface area contributed by atoms with Crippen LogP contribution in [0.4, 0.5) is 0 Å². The molecule has 1 aromatic heterocycles. The van der Waals surface area contributed by atoms with Gasteiger partial charge in [0.05, 0.1) is 11.3 Å². The van der Waals surface area contributed by atoms with Crippen molar-refractivity contribution < 1.29 is 4.42 Å². The SMILES string of the molecule is Brc1ccccc1-c1nnc(CSCCc2ccccc2)o1. The van der Waals surface area contributed by atoms with Gasteiger partial charge < -0.3 is 4.42 Å². The number of halogens is 1. The van der Waals surface area contributed by atoms with E-state index in [1.807, 2.05) is 30.3 Å². The molecule has 2 aromatic carbocycles. The van der Waals surface area contributed by atoms with Crippen molar-refractivity contribution in [1.29, 1.82) is 0 Å². The van der Waals surface area contributed by atoms with E-state index >= 15 is 0 Å². The zero-order valence-electron chi connectivity index (χ0n) is 11.9. The van der Waals surface area contributed by atoms with Gasteiger partial charge in [-0.25, -0.2) is 0 Å². The standard InChI is InChI=1S/C17H15BrN2OS/c18-15-9-5-4-8-14(15)17-20-19-16(21-17)12-22-11-10-13-6-2-1-3-7-13/h1-9H,10-12H2. The molecule has 3 rings (SSSR count). The molecule has 0 aliphatic rings. The number of benzene rings is 2. The monoisotopic (exact) mass is 374 g/mol. The third kappa shape index (κ3) is 3.99. The second kappa shape index (κ2) is 7.61. The van der Waals surface area contributed by atoms with E-state index in [0.717, 1.165) is 28.0 Å². The summed E-state index contributed by atoms with van der Waals surface area (Å²) in [5, 5.41) is 8.24. The predicted molar refractivity (Wildman–Crippen MR) is 93.7 cm³/mol. The molecule has 0 atom stereocenters.